The molecule has 1 aliphatic heterocycles. The first-order valence-electron chi connectivity index (χ1n) is 11.2. The van der Waals surface area contributed by atoms with E-state index >= 15 is 4.39 Å². The summed E-state index contributed by atoms with van der Waals surface area (Å²) in [5.41, 5.74) is 4.69. The van der Waals surface area contributed by atoms with Gasteiger partial charge in [0.25, 0.3) is 6.01 Å². The summed E-state index contributed by atoms with van der Waals surface area (Å²) < 4.78 is 22.8. The summed E-state index contributed by atoms with van der Waals surface area (Å²) in [6.07, 6.45) is 3.94. The molecule has 4 aromatic rings. The van der Waals surface area contributed by atoms with Crippen LogP contribution in [0.15, 0.2) is 28.8 Å². The zero-order valence-corrected chi connectivity index (χ0v) is 19.3. The number of imidazole rings is 1. The van der Waals surface area contributed by atoms with E-state index in [1.807, 2.05) is 39.2 Å². The van der Waals surface area contributed by atoms with E-state index < -0.39 is 5.82 Å². The standard InChI is InChI=1S/C24H29FN6O/c1-6-30-8-7-18(10-16(30)4)29(5)24-27-22-19(25)11-17(12-21(22)32-24)20-9-14(2)23-26-15(3)13-31(23)28-20/h9,11-13,16,18H,6-8,10H2,1-5H3. The molecule has 0 amide bonds. The molecule has 0 radical (unpaired) electrons. The van der Waals surface area contributed by atoms with Crippen molar-refractivity contribution in [1.82, 2.24) is 24.5 Å². The van der Waals surface area contributed by atoms with Crippen LogP contribution in [0.2, 0.25) is 0 Å². The first kappa shape index (κ1) is 20.9. The van der Waals surface area contributed by atoms with E-state index in [0.29, 0.717) is 34.9 Å². The van der Waals surface area contributed by atoms with Crippen molar-refractivity contribution in [3.8, 4) is 11.3 Å². The molecule has 8 heteroatoms. The van der Waals surface area contributed by atoms with E-state index in [9.17, 15) is 0 Å². The molecular weight excluding hydrogens is 407 g/mol. The van der Waals surface area contributed by atoms with Gasteiger partial charge in [-0.2, -0.15) is 10.1 Å². The fraction of sp³-hybridized carbons (Fsp3) is 0.458. The van der Waals surface area contributed by atoms with Gasteiger partial charge in [-0.3, -0.25) is 0 Å². The number of aryl methyl sites for hydroxylation is 2. The number of anilines is 1. The number of halogens is 1. The number of oxazole rings is 1. The monoisotopic (exact) mass is 436 g/mol. The molecular formula is C24H29FN6O. The van der Waals surface area contributed by atoms with Crippen LogP contribution in [0.25, 0.3) is 28.0 Å². The lowest BCUT2D eigenvalue weighted by Crippen LogP contribution is -2.48. The van der Waals surface area contributed by atoms with Gasteiger partial charge in [0.05, 0.1) is 17.6 Å². The minimum absolute atomic E-state index is 0.255. The van der Waals surface area contributed by atoms with Gasteiger partial charge in [0.2, 0.25) is 0 Å². The van der Waals surface area contributed by atoms with Gasteiger partial charge in [0.15, 0.2) is 17.0 Å². The Labute approximate surface area is 186 Å². The van der Waals surface area contributed by atoms with Crippen LogP contribution in [0.1, 0.15) is 37.9 Å². The lowest BCUT2D eigenvalue weighted by Gasteiger charge is -2.40. The van der Waals surface area contributed by atoms with Crippen molar-refractivity contribution in [1.29, 1.82) is 0 Å². The first-order valence-corrected chi connectivity index (χ1v) is 11.2. The number of likely N-dealkylation sites (tertiary alicyclic amines) is 1. The van der Waals surface area contributed by atoms with Gasteiger partial charge >= 0.3 is 0 Å². The summed E-state index contributed by atoms with van der Waals surface area (Å²) in [7, 11) is 1.99. The topological polar surface area (TPSA) is 62.7 Å². The summed E-state index contributed by atoms with van der Waals surface area (Å²) in [5.74, 6) is -0.406. The van der Waals surface area contributed by atoms with Crippen LogP contribution in [0.5, 0.6) is 0 Å². The van der Waals surface area contributed by atoms with E-state index in [4.69, 9.17) is 4.42 Å². The Bertz CT molecular complexity index is 1290. The van der Waals surface area contributed by atoms with E-state index in [2.05, 4.69) is 38.7 Å². The molecule has 0 N–H and O–H groups in total. The minimum Gasteiger partial charge on any atom is -0.423 e. The third-order valence-corrected chi connectivity index (χ3v) is 6.70. The predicted octanol–water partition coefficient (Wildman–Crippen LogP) is 4.60. The summed E-state index contributed by atoms with van der Waals surface area (Å²) in [4.78, 5) is 13.5. The minimum atomic E-state index is -0.406. The fourth-order valence-corrected chi connectivity index (χ4v) is 4.84. The average Bonchev–Trinajstić information content (AvgIpc) is 3.36. The zero-order valence-electron chi connectivity index (χ0n) is 19.3. The number of benzene rings is 1. The van der Waals surface area contributed by atoms with E-state index in [0.717, 1.165) is 42.8 Å². The highest BCUT2D eigenvalue weighted by Crippen LogP contribution is 2.32. The Balaban J connectivity index is 1.48. The van der Waals surface area contributed by atoms with Crippen molar-refractivity contribution in [3.05, 3.63) is 41.5 Å². The van der Waals surface area contributed by atoms with Crippen molar-refractivity contribution in [2.24, 2.45) is 0 Å². The van der Waals surface area contributed by atoms with Crippen LogP contribution in [-0.4, -0.2) is 56.7 Å². The van der Waals surface area contributed by atoms with Gasteiger partial charge in [0.1, 0.15) is 5.52 Å². The molecule has 1 fully saturated rings. The molecule has 1 aliphatic rings. The highest BCUT2D eigenvalue weighted by atomic mass is 19.1. The molecule has 1 aromatic carbocycles. The number of hydrogen-bond donors (Lipinski definition) is 0. The number of aromatic nitrogens is 4. The Kier molecular flexibility index (Phi) is 5.12. The molecule has 0 bridgehead atoms. The third kappa shape index (κ3) is 3.52. The molecule has 1 saturated heterocycles. The molecule has 0 saturated carbocycles. The van der Waals surface area contributed by atoms with Gasteiger partial charge in [-0.25, -0.2) is 13.9 Å². The molecule has 2 unspecified atom stereocenters. The highest BCUT2D eigenvalue weighted by Gasteiger charge is 2.29. The zero-order chi connectivity index (χ0) is 22.6. The summed E-state index contributed by atoms with van der Waals surface area (Å²) in [5, 5.41) is 4.62. The van der Waals surface area contributed by atoms with Gasteiger partial charge in [-0.15, -0.1) is 0 Å². The predicted molar refractivity (Wildman–Crippen MR) is 124 cm³/mol. The Hall–Kier alpha value is -3.00. The summed E-state index contributed by atoms with van der Waals surface area (Å²) in [6.45, 7) is 10.5. The van der Waals surface area contributed by atoms with Crippen molar-refractivity contribution in [2.75, 3.05) is 25.0 Å². The number of rotatable bonds is 4. The van der Waals surface area contributed by atoms with Crippen LogP contribution in [0, 0.1) is 19.7 Å². The molecule has 7 nitrogen and oxygen atoms in total. The SMILES string of the molecule is CCN1CCC(N(C)c2nc3c(F)cc(-c4cc(C)c5nc(C)cn5n4)cc3o2)CC1C. The van der Waals surface area contributed by atoms with E-state index in [1.165, 1.54) is 6.07 Å². The lowest BCUT2D eigenvalue weighted by molar-refractivity contribution is 0.152. The fourth-order valence-electron chi connectivity index (χ4n) is 4.84. The van der Waals surface area contributed by atoms with Crippen molar-refractivity contribution >= 4 is 22.8 Å². The molecule has 4 heterocycles. The number of fused-ring (bicyclic) bond motifs is 2. The van der Waals surface area contributed by atoms with Crippen LogP contribution in [0.4, 0.5) is 10.4 Å². The maximum atomic E-state index is 15.0. The highest BCUT2D eigenvalue weighted by molar-refractivity contribution is 5.81. The second-order valence-electron chi connectivity index (χ2n) is 8.93. The van der Waals surface area contributed by atoms with Crippen molar-refractivity contribution in [2.45, 2.75) is 52.6 Å². The largest absolute Gasteiger partial charge is 0.423 e. The lowest BCUT2D eigenvalue weighted by atomic mass is 9.97. The van der Waals surface area contributed by atoms with Crippen molar-refractivity contribution < 1.29 is 8.81 Å². The molecule has 2 atom stereocenters. The average molecular weight is 437 g/mol. The summed E-state index contributed by atoms with van der Waals surface area (Å²) >= 11 is 0. The van der Waals surface area contributed by atoms with Crippen LogP contribution in [0.3, 0.4) is 0 Å². The van der Waals surface area contributed by atoms with Gasteiger partial charge in [-0.05, 0) is 63.9 Å². The smallest absolute Gasteiger partial charge is 0.298 e. The molecule has 5 rings (SSSR count). The number of piperidine rings is 1. The quantitative estimate of drug-likeness (QED) is 0.466. The molecule has 32 heavy (non-hydrogen) atoms. The Morgan fingerprint density at radius 1 is 1.22 bits per heavy atom. The molecule has 168 valence electrons. The number of nitrogens with zero attached hydrogens (tertiary/aromatic N) is 6. The van der Waals surface area contributed by atoms with Crippen LogP contribution >= 0.6 is 0 Å². The van der Waals surface area contributed by atoms with Crippen LogP contribution in [-0.2, 0) is 0 Å². The van der Waals surface area contributed by atoms with Gasteiger partial charge in [-0.1, -0.05) is 6.92 Å². The van der Waals surface area contributed by atoms with Gasteiger partial charge < -0.3 is 14.2 Å². The maximum Gasteiger partial charge on any atom is 0.298 e. The van der Waals surface area contributed by atoms with Crippen molar-refractivity contribution in [3.63, 3.8) is 0 Å². The van der Waals surface area contributed by atoms with Crippen LogP contribution < -0.4 is 4.90 Å². The second kappa shape index (κ2) is 7.85. The normalized spacial score (nSPS) is 19.8. The second-order valence-corrected chi connectivity index (χ2v) is 8.93. The third-order valence-electron chi connectivity index (χ3n) is 6.70. The molecule has 0 aliphatic carbocycles. The molecule has 0 spiro atoms. The maximum absolute atomic E-state index is 15.0. The first-order chi connectivity index (χ1) is 15.3. The Morgan fingerprint density at radius 3 is 2.78 bits per heavy atom. The van der Waals surface area contributed by atoms with E-state index in [-0.39, 0.29) is 5.52 Å². The number of hydrogen-bond acceptors (Lipinski definition) is 6. The molecule has 3 aromatic heterocycles. The van der Waals surface area contributed by atoms with E-state index in [1.54, 1.807) is 4.52 Å². The Morgan fingerprint density at radius 2 is 2.03 bits per heavy atom. The summed E-state index contributed by atoms with van der Waals surface area (Å²) in [6, 6.07) is 6.51. The van der Waals surface area contributed by atoms with Gasteiger partial charge in [0, 0.05) is 31.2 Å².